The van der Waals surface area contributed by atoms with Crippen molar-refractivity contribution < 1.29 is 9.53 Å². The molecule has 2 saturated heterocycles. The van der Waals surface area contributed by atoms with Crippen LogP contribution in [-0.4, -0.2) is 53.9 Å². The summed E-state index contributed by atoms with van der Waals surface area (Å²) >= 11 is 0. The first kappa shape index (κ1) is 14.5. The maximum Gasteiger partial charge on any atom is 0.244 e. The van der Waals surface area contributed by atoms with Gasteiger partial charge in [0.15, 0.2) is 0 Å². The van der Waals surface area contributed by atoms with Crippen molar-refractivity contribution in [3.05, 3.63) is 18.0 Å². The van der Waals surface area contributed by atoms with E-state index < -0.39 is 0 Å². The standard InChI is InChI=1S/C15H24N4O2/c1-16-13(12-9-17-18(2)10-12)14(20)19-6-3-15(11-19)4-7-21-8-5-15/h9-10,13,16H,3-8,11H2,1-2H3. The Morgan fingerprint density at radius 1 is 1.43 bits per heavy atom. The monoisotopic (exact) mass is 292 g/mol. The SMILES string of the molecule is CNC(C(=O)N1CCC2(CCOCC2)C1)c1cnn(C)c1. The van der Waals surface area contributed by atoms with Crippen LogP contribution in [-0.2, 0) is 16.6 Å². The van der Waals surface area contributed by atoms with Crippen LogP contribution in [0.25, 0.3) is 0 Å². The maximum absolute atomic E-state index is 12.8. The highest BCUT2D eigenvalue weighted by Gasteiger charge is 2.42. The number of likely N-dealkylation sites (tertiary alicyclic amines) is 1. The zero-order valence-electron chi connectivity index (χ0n) is 12.8. The third-order valence-electron chi connectivity index (χ3n) is 4.90. The van der Waals surface area contributed by atoms with Crippen molar-refractivity contribution >= 4 is 5.91 Å². The number of nitrogens with zero attached hydrogens (tertiary/aromatic N) is 3. The van der Waals surface area contributed by atoms with Crippen LogP contribution in [0.5, 0.6) is 0 Å². The topological polar surface area (TPSA) is 59.4 Å². The molecular weight excluding hydrogens is 268 g/mol. The molecule has 21 heavy (non-hydrogen) atoms. The van der Waals surface area contributed by atoms with Crippen LogP contribution in [0.2, 0.25) is 0 Å². The van der Waals surface area contributed by atoms with Crippen LogP contribution < -0.4 is 5.32 Å². The van der Waals surface area contributed by atoms with E-state index in [2.05, 4.69) is 10.4 Å². The Bertz CT molecular complexity index is 508. The number of hydrogen-bond donors (Lipinski definition) is 1. The molecule has 116 valence electrons. The molecule has 1 atom stereocenters. The molecule has 1 N–H and O–H groups in total. The lowest BCUT2D eigenvalue weighted by Gasteiger charge is -2.33. The van der Waals surface area contributed by atoms with Gasteiger partial charge in [0.05, 0.1) is 6.20 Å². The first-order valence-corrected chi connectivity index (χ1v) is 7.66. The van der Waals surface area contributed by atoms with Gasteiger partial charge in [-0.2, -0.15) is 5.10 Å². The number of aromatic nitrogens is 2. The maximum atomic E-state index is 12.8. The van der Waals surface area contributed by atoms with Crippen LogP contribution in [0.15, 0.2) is 12.4 Å². The van der Waals surface area contributed by atoms with E-state index in [0.717, 1.165) is 51.1 Å². The van der Waals surface area contributed by atoms with Crippen LogP contribution >= 0.6 is 0 Å². The molecule has 1 aromatic rings. The molecule has 2 aliphatic heterocycles. The molecule has 0 aromatic carbocycles. The lowest BCUT2D eigenvalue weighted by atomic mass is 9.80. The molecule has 1 unspecified atom stereocenters. The summed E-state index contributed by atoms with van der Waals surface area (Å²) in [6.45, 7) is 3.39. The zero-order valence-corrected chi connectivity index (χ0v) is 12.8. The predicted octanol–water partition coefficient (Wildman–Crippen LogP) is 0.710. The fourth-order valence-corrected chi connectivity index (χ4v) is 3.54. The lowest BCUT2D eigenvalue weighted by Crippen LogP contribution is -2.40. The molecule has 0 aliphatic carbocycles. The molecule has 1 amide bonds. The van der Waals surface area contributed by atoms with E-state index in [4.69, 9.17) is 4.74 Å². The van der Waals surface area contributed by atoms with Crippen molar-refractivity contribution in [2.45, 2.75) is 25.3 Å². The number of nitrogens with one attached hydrogen (secondary N) is 1. The second-order valence-corrected chi connectivity index (χ2v) is 6.29. The number of carbonyl (C=O) groups is 1. The molecule has 0 saturated carbocycles. The average molecular weight is 292 g/mol. The van der Waals surface area contributed by atoms with Crippen LogP contribution in [0, 0.1) is 5.41 Å². The summed E-state index contributed by atoms with van der Waals surface area (Å²) in [5.41, 5.74) is 1.22. The Hall–Kier alpha value is -1.40. The first-order chi connectivity index (χ1) is 10.1. The summed E-state index contributed by atoms with van der Waals surface area (Å²) in [5.74, 6) is 0.161. The molecule has 0 bridgehead atoms. The van der Waals surface area contributed by atoms with Crippen molar-refractivity contribution in [2.24, 2.45) is 12.5 Å². The Morgan fingerprint density at radius 3 is 2.81 bits per heavy atom. The highest BCUT2D eigenvalue weighted by molar-refractivity contribution is 5.83. The van der Waals surface area contributed by atoms with E-state index in [1.54, 1.807) is 10.9 Å². The van der Waals surface area contributed by atoms with E-state index in [1.807, 2.05) is 25.2 Å². The molecule has 6 nitrogen and oxygen atoms in total. The number of amides is 1. The molecule has 6 heteroatoms. The van der Waals surface area contributed by atoms with Crippen LogP contribution in [0.1, 0.15) is 30.9 Å². The smallest absolute Gasteiger partial charge is 0.244 e. The Kier molecular flexibility index (Phi) is 3.99. The van der Waals surface area contributed by atoms with E-state index in [0.29, 0.717) is 5.41 Å². The largest absolute Gasteiger partial charge is 0.381 e. The first-order valence-electron chi connectivity index (χ1n) is 7.66. The third kappa shape index (κ3) is 2.82. The van der Waals surface area contributed by atoms with Crippen molar-refractivity contribution in [3.8, 4) is 0 Å². The highest BCUT2D eigenvalue weighted by atomic mass is 16.5. The second-order valence-electron chi connectivity index (χ2n) is 6.29. The van der Waals surface area contributed by atoms with E-state index in [-0.39, 0.29) is 11.9 Å². The van der Waals surface area contributed by atoms with Gasteiger partial charge in [0.1, 0.15) is 6.04 Å². The number of likely N-dealkylation sites (N-methyl/N-ethyl adjacent to an activating group) is 1. The summed E-state index contributed by atoms with van der Waals surface area (Å²) in [5, 5.41) is 7.30. The minimum Gasteiger partial charge on any atom is -0.381 e. The lowest BCUT2D eigenvalue weighted by molar-refractivity contribution is -0.133. The number of hydrogen-bond acceptors (Lipinski definition) is 4. The highest BCUT2D eigenvalue weighted by Crippen LogP contribution is 2.40. The molecule has 1 spiro atoms. The molecule has 0 radical (unpaired) electrons. The number of carbonyl (C=O) groups excluding carboxylic acids is 1. The predicted molar refractivity (Wildman–Crippen MR) is 78.7 cm³/mol. The van der Waals surface area contributed by atoms with Crippen molar-refractivity contribution in [3.63, 3.8) is 0 Å². The number of aryl methyl sites for hydroxylation is 1. The second kappa shape index (κ2) is 5.77. The van der Waals surface area contributed by atoms with Crippen LogP contribution in [0.3, 0.4) is 0 Å². The van der Waals surface area contributed by atoms with Gasteiger partial charge in [0, 0.05) is 45.1 Å². The summed E-state index contributed by atoms with van der Waals surface area (Å²) in [4.78, 5) is 14.8. The minimum atomic E-state index is -0.298. The van der Waals surface area contributed by atoms with E-state index in [9.17, 15) is 4.79 Å². The van der Waals surface area contributed by atoms with Gasteiger partial charge in [-0.1, -0.05) is 0 Å². The molecule has 2 fully saturated rings. The molecule has 2 aliphatic rings. The zero-order chi connectivity index (χ0) is 14.9. The third-order valence-corrected chi connectivity index (χ3v) is 4.90. The van der Waals surface area contributed by atoms with Gasteiger partial charge in [-0.25, -0.2) is 0 Å². The quantitative estimate of drug-likeness (QED) is 0.891. The molecule has 3 rings (SSSR count). The van der Waals surface area contributed by atoms with Crippen molar-refractivity contribution in [2.75, 3.05) is 33.4 Å². The Labute approximate surface area is 125 Å². The molecule has 1 aromatic heterocycles. The van der Waals surface area contributed by atoms with E-state index in [1.165, 1.54) is 0 Å². The van der Waals surface area contributed by atoms with Crippen molar-refractivity contribution in [1.82, 2.24) is 20.0 Å². The van der Waals surface area contributed by atoms with Gasteiger partial charge in [0.25, 0.3) is 0 Å². The van der Waals surface area contributed by atoms with Gasteiger partial charge in [-0.3, -0.25) is 9.48 Å². The summed E-state index contributed by atoms with van der Waals surface area (Å²) in [7, 11) is 3.70. The Balaban J connectivity index is 1.70. The number of rotatable bonds is 3. The molecule has 3 heterocycles. The fraction of sp³-hybridized carbons (Fsp3) is 0.733. The van der Waals surface area contributed by atoms with Gasteiger partial charge in [-0.05, 0) is 31.7 Å². The van der Waals surface area contributed by atoms with Gasteiger partial charge < -0.3 is 15.0 Å². The fourth-order valence-electron chi connectivity index (χ4n) is 3.54. The van der Waals surface area contributed by atoms with Crippen molar-refractivity contribution in [1.29, 1.82) is 0 Å². The van der Waals surface area contributed by atoms with Crippen LogP contribution in [0.4, 0.5) is 0 Å². The molecular formula is C15H24N4O2. The number of ether oxygens (including phenoxy) is 1. The summed E-state index contributed by atoms with van der Waals surface area (Å²) < 4.78 is 7.20. The van der Waals surface area contributed by atoms with Gasteiger partial charge in [0.2, 0.25) is 5.91 Å². The van der Waals surface area contributed by atoms with Gasteiger partial charge >= 0.3 is 0 Å². The normalized spacial score (nSPS) is 22.7. The van der Waals surface area contributed by atoms with Gasteiger partial charge in [-0.15, -0.1) is 0 Å². The summed E-state index contributed by atoms with van der Waals surface area (Å²) in [6.07, 6.45) is 6.92. The Morgan fingerprint density at radius 2 is 2.19 bits per heavy atom. The summed E-state index contributed by atoms with van der Waals surface area (Å²) in [6, 6.07) is -0.298. The average Bonchev–Trinajstić information content (AvgIpc) is 3.08. The van der Waals surface area contributed by atoms with E-state index >= 15 is 0 Å². The minimum absolute atomic E-state index is 0.161.